The van der Waals surface area contributed by atoms with Gasteiger partial charge in [0.1, 0.15) is 6.54 Å². The van der Waals surface area contributed by atoms with Crippen molar-refractivity contribution in [1.29, 1.82) is 0 Å². The van der Waals surface area contributed by atoms with Crippen LogP contribution in [-0.4, -0.2) is 28.7 Å². The fourth-order valence-electron chi connectivity index (χ4n) is 2.86. The first kappa shape index (κ1) is 15.8. The zero-order valence-electron chi connectivity index (χ0n) is 13.4. The van der Waals surface area contributed by atoms with Crippen LogP contribution in [0.1, 0.15) is 57.7 Å². The van der Waals surface area contributed by atoms with Crippen molar-refractivity contribution >= 4 is 5.96 Å². The van der Waals surface area contributed by atoms with Gasteiger partial charge in [0.15, 0.2) is 11.8 Å². The zero-order valence-corrected chi connectivity index (χ0v) is 13.4. The fourth-order valence-corrected chi connectivity index (χ4v) is 2.86. The molecule has 0 amide bonds. The molecule has 1 aromatic rings. The molecule has 1 aromatic heterocycles. The van der Waals surface area contributed by atoms with Crippen molar-refractivity contribution in [3.05, 3.63) is 11.7 Å². The molecule has 6 heteroatoms. The van der Waals surface area contributed by atoms with Gasteiger partial charge in [-0.2, -0.15) is 4.98 Å². The van der Waals surface area contributed by atoms with Crippen LogP contribution >= 0.6 is 0 Å². The zero-order chi connectivity index (χ0) is 15.1. The van der Waals surface area contributed by atoms with Crippen LogP contribution in [0.15, 0.2) is 9.52 Å². The molecule has 2 atom stereocenters. The van der Waals surface area contributed by atoms with Crippen molar-refractivity contribution < 1.29 is 4.52 Å². The van der Waals surface area contributed by atoms with Crippen LogP contribution in [0.4, 0.5) is 0 Å². The van der Waals surface area contributed by atoms with Crippen LogP contribution in [0.5, 0.6) is 0 Å². The maximum atomic E-state index is 4.96. The van der Waals surface area contributed by atoms with Gasteiger partial charge in [0.05, 0.1) is 0 Å². The van der Waals surface area contributed by atoms with Gasteiger partial charge < -0.3 is 15.2 Å². The summed E-state index contributed by atoms with van der Waals surface area (Å²) in [6.45, 7) is 7.44. The molecule has 0 radical (unpaired) electrons. The van der Waals surface area contributed by atoms with Crippen LogP contribution in [0.2, 0.25) is 0 Å². The summed E-state index contributed by atoms with van der Waals surface area (Å²) in [6, 6.07) is 0.522. The van der Waals surface area contributed by atoms with Gasteiger partial charge in [0.25, 0.3) is 0 Å². The number of hydrogen-bond donors (Lipinski definition) is 2. The third kappa shape index (κ3) is 5.02. The van der Waals surface area contributed by atoms with Crippen molar-refractivity contribution in [1.82, 2.24) is 20.8 Å². The highest BCUT2D eigenvalue weighted by molar-refractivity contribution is 5.80. The first-order chi connectivity index (χ1) is 10.2. The number of hydrogen-bond acceptors (Lipinski definition) is 4. The highest BCUT2D eigenvalue weighted by atomic mass is 16.5. The Bertz CT molecular complexity index is 457. The largest absolute Gasteiger partial charge is 0.357 e. The van der Waals surface area contributed by atoms with Crippen LogP contribution in [0.25, 0.3) is 0 Å². The molecule has 1 aliphatic rings. The number of nitrogens with one attached hydrogen (secondary N) is 2. The maximum Gasteiger partial charge on any atom is 0.223 e. The van der Waals surface area contributed by atoms with E-state index in [1.807, 2.05) is 0 Å². The lowest BCUT2D eigenvalue weighted by Gasteiger charge is -2.30. The second kappa shape index (κ2) is 8.00. The predicted octanol–water partition coefficient (Wildman–Crippen LogP) is 2.40. The van der Waals surface area contributed by atoms with Gasteiger partial charge in [-0.15, -0.1) is 0 Å². The molecule has 0 spiro atoms. The summed E-state index contributed by atoms with van der Waals surface area (Å²) < 4.78 is 4.96. The van der Waals surface area contributed by atoms with Crippen LogP contribution < -0.4 is 10.6 Å². The second-order valence-corrected chi connectivity index (χ2v) is 5.71. The van der Waals surface area contributed by atoms with Crippen LogP contribution in [-0.2, 0) is 6.54 Å². The summed E-state index contributed by atoms with van der Waals surface area (Å²) in [5.74, 6) is 2.90. The Balaban J connectivity index is 1.91. The van der Waals surface area contributed by atoms with Crippen molar-refractivity contribution in [3.63, 3.8) is 0 Å². The lowest BCUT2D eigenvalue weighted by Crippen LogP contribution is -2.45. The Hall–Kier alpha value is -1.59. The molecule has 0 aliphatic heterocycles. The molecule has 118 valence electrons. The van der Waals surface area contributed by atoms with Gasteiger partial charge in [-0.3, -0.25) is 0 Å². The Kier molecular flexibility index (Phi) is 6.02. The number of nitrogens with zero attached hydrogens (tertiary/aromatic N) is 3. The minimum absolute atomic E-state index is 0.441. The Labute approximate surface area is 126 Å². The van der Waals surface area contributed by atoms with E-state index in [0.29, 0.717) is 24.3 Å². The Morgan fingerprint density at radius 1 is 1.38 bits per heavy atom. The van der Waals surface area contributed by atoms with E-state index in [9.17, 15) is 0 Å². The smallest absolute Gasteiger partial charge is 0.223 e. The molecule has 1 aliphatic carbocycles. The molecule has 1 saturated carbocycles. The normalized spacial score (nSPS) is 23.1. The van der Waals surface area contributed by atoms with E-state index in [1.165, 1.54) is 32.1 Å². The van der Waals surface area contributed by atoms with E-state index in [-0.39, 0.29) is 0 Å². The first-order valence-electron chi connectivity index (χ1n) is 8.05. The third-order valence-corrected chi connectivity index (χ3v) is 3.99. The van der Waals surface area contributed by atoms with Gasteiger partial charge in [-0.25, -0.2) is 4.99 Å². The molecule has 6 nitrogen and oxygen atoms in total. The molecule has 2 unspecified atom stereocenters. The molecular weight excluding hydrogens is 266 g/mol. The molecule has 0 aromatic carbocycles. The Morgan fingerprint density at radius 3 is 2.90 bits per heavy atom. The van der Waals surface area contributed by atoms with Crippen molar-refractivity contribution in [2.75, 3.05) is 6.54 Å². The molecule has 2 rings (SSSR count). The van der Waals surface area contributed by atoms with Crippen LogP contribution in [0.3, 0.4) is 0 Å². The average Bonchev–Trinajstić information content (AvgIpc) is 2.91. The lowest BCUT2D eigenvalue weighted by atomic mass is 9.84. The predicted molar refractivity (Wildman–Crippen MR) is 83.0 cm³/mol. The van der Waals surface area contributed by atoms with E-state index in [4.69, 9.17) is 4.52 Å². The van der Waals surface area contributed by atoms with Gasteiger partial charge in [0, 0.05) is 19.5 Å². The average molecular weight is 293 g/mol. The molecule has 2 N–H and O–H groups in total. The highest BCUT2D eigenvalue weighted by Gasteiger charge is 2.21. The molecule has 0 bridgehead atoms. The van der Waals surface area contributed by atoms with Crippen molar-refractivity contribution in [2.45, 2.75) is 65.5 Å². The number of guanidine groups is 1. The summed E-state index contributed by atoms with van der Waals surface area (Å²) in [5, 5.41) is 10.7. The summed E-state index contributed by atoms with van der Waals surface area (Å²) in [4.78, 5) is 8.73. The minimum atomic E-state index is 0.441. The molecule has 21 heavy (non-hydrogen) atoms. The summed E-state index contributed by atoms with van der Waals surface area (Å²) in [6.07, 6.45) is 6.41. The quantitative estimate of drug-likeness (QED) is 0.644. The maximum absolute atomic E-state index is 4.96. The highest BCUT2D eigenvalue weighted by Crippen LogP contribution is 2.26. The topological polar surface area (TPSA) is 75.3 Å². The minimum Gasteiger partial charge on any atom is -0.357 e. The first-order valence-corrected chi connectivity index (χ1v) is 8.05. The third-order valence-electron chi connectivity index (χ3n) is 3.99. The second-order valence-electron chi connectivity index (χ2n) is 5.71. The number of rotatable bonds is 5. The van der Waals surface area contributed by atoms with E-state index in [2.05, 4.69) is 39.6 Å². The van der Waals surface area contributed by atoms with E-state index < -0.39 is 0 Å². The monoisotopic (exact) mass is 293 g/mol. The molecular formula is C15H27N5O. The van der Waals surface area contributed by atoms with E-state index >= 15 is 0 Å². The van der Waals surface area contributed by atoms with Gasteiger partial charge in [-0.1, -0.05) is 31.3 Å². The number of aryl methyl sites for hydroxylation is 1. The van der Waals surface area contributed by atoms with E-state index in [0.717, 1.165) is 18.4 Å². The van der Waals surface area contributed by atoms with Crippen molar-refractivity contribution in [3.8, 4) is 0 Å². The molecule has 0 saturated heterocycles. The molecule has 1 fully saturated rings. The summed E-state index contributed by atoms with van der Waals surface area (Å²) >= 11 is 0. The number of aliphatic imine (C=N–C) groups is 1. The van der Waals surface area contributed by atoms with Crippen molar-refractivity contribution in [2.24, 2.45) is 10.9 Å². The van der Waals surface area contributed by atoms with Gasteiger partial charge >= 0.3 is 0 Å². The van der Waals surface area contributed by atoms with Gasteiger partial charge in [0.2, 0.25) is 5.89 Å². The van der Waals surface area contributed by atoms with Gasteiger partial charge in [-0.05, 0) is 25.7 Å². The fraction of sp³-hybridized carbons (Fsp3) is 0.800. The number of aromatic nitrogens is 2. The lowest BCUT2D eigenvalue weighted by molar-refractivity contribution is 0.298. The van der Waals surface area contributed by atoms with Crippen LogP contribution in [0, 0.1) is 12.8 Å². The summed E-state index contributed by atoms with van der Waals surface area (Å²) in [5.41, 5.74) is 0. The SMILES string of the molecule is CCNC(=NCc1noc(C)n1)NC1CCCC(CC)C1. The molecule has 1 heterocycles. The summed E-state index contributed by atoms with van der Waals surface area (Å²) in [7, 11) is 0. The Morgan fingerprint density at radius 2 is 2.24 bits per heavy atom. The van der Waals surface area contributed by atoms with E-state index in [1.54, 1.807) is 6.92 Å². The standard InChI is InChI=1S/C15H27N5O/c1-4-12-7-6-8-13(9-12)19-15(16-5-2)17-10-14-18-11(3)21-20-14/h12-13H,4-10H2,1-3H3,(H2,16,17,19).